The molecule has 0 radical (unpaired) electrons. The molecule has 4 rings (SSSR count). The van der Waals surface area contributed by atoms with E-state index < -0.39 is 0 Å². The quantitative estimate of drug-likeness (QED) is 0.268. The largest absolute Gasteiger partial charge is 0.353 e. The minimum absolute atomic E-state index is 0.447. The summed E-state index contributed by atoms with van der Waals surface area (Å²) in [6.07, 6.45) is 12.0. The zero-order chi connectivity index (χ0) is 26.7. The number of benzene rings is 1. The van der Waals surface area contributed by atoms with E-state index in [1.54, 1.807) is 0 Å². The first-order valence-corrected chi connectivity index (χ1v) is 14.3. The van der Waals surface area contributed by atoms with Crippen molar-refractivity contribution < 1.29 is 0 Å². The topological polar surface area (TPSA) is 64.9 Å². The first-order valence-electron chi connectivity index (χ1n) is 14.3. The van der Waals surface area contributed by atoms with Crippen molar-refractivity contribution >= 4 is 23.5 Å². The van der Waals surface area contributed by atoms with Crippen LogP contribution in [0.3, 0.4) is 0 Å². The highest BCUT2D eigenvalue weighted by molar-refractivity contribution is 5.88. The molecule has 1 aromatic heterocycles. The number of rotatable bonds is 9. The zero-order valence-corrected chi connectivity index (χ0v) is 23.9. The Morgan fingerprint density at radius 3 is 2.57 bits per heavy atom. The Labute approximate surface area is 224 Å². The van der Waals surface area contributed by atoms with Gasteiger partial charge in [-0.1, -0.05) is 33.8 Å². The molecule has 0 amide bonds. The summed E-state index contributed by atoms with van der Waals surface area (Å²) in [5, 5.41) is 11.7. The molecule has 1 saturated carbocycles. The van der Waals surface area contributed by atoms with Crippen molar-refractivity contribution in [2.75, 3.05) is 16.8 Å². The Hall–Kier alpha value is -2.69. The number of allylic oxidation sites excluding steroid dienone is 1. The number of aryl methyl sites for hydroxylation is 2. The van der Waals surface area contributed by atoms with Crippen molar-refractivity contribution in [2.24, 2.45) is 17.3 Å². The first-order chi connectivity index (χ1) is 17.6. The maximum absolute atomic E-state index is 8.07. The highest BCUT2D eigenvalue weighted by Gasteiger charge is 2.32. The SMILES string of the molecule is C=CC(CC)CC1CC(C)CN1c1cc(Nc2cc(C3CCC(C)(C)CC3)c(C)cc2C=N)nc(C)n1. The normalized spacial score (nSPS) is 22.6. The summed E-state index contributed by atoms with van der Waals surface area (Å²) in [4.78, 5) is 12.1. The molecule has 1 saturated heterocycles. The minimum atomic E-state index is 0.447. The lowest BCUT2D eigenvalue weighted by Crippen LogP contribution is -2.32. The van der Waals surface area contributed by atoms with Gasteiger partial charge in [-0.15, -0.1) is 6.58 Å². The van der Waals surface area contributed by atoms with Crippen LogP contribution in [-0.4, -0.2) is 28.8 Å². The Morgan fingerprint density at radius 2 is 1.92 bits per heavy atom. The lowest BCUT2D eigenvalue weighted by atomic mass is 9.70. The molecule has 1 aliphatic carbocycles. The van der Waals surface area contributed by atoms with Crippen LogP contribution in [0.2, 0.25) is 0 Å². The van der Waals surface area contributed by atoms with Crippen LogP contribution in [0, 0.1) is 36.5 Å². The van der Waals surface area contributed by atoms with Crippen molar-refractivity contribution in [2.45, 2.75) is 98.4 Å². The van der Waals surface area contributed by atoms with Gasteiger partial charge < -0.3 is 15.6 Å². The van der Waals surface area contributed by atoms with E-state index in [0.717, 1.165) is 48.1 Å². The van der Waals surface area contributed by atoms with Crippen LogP contribution in [0.5, 0.6) is 0 Å². The second-order valence-corrected chi connectivity index (χ2v) is 12.4. The van der Waals surface area contributed by atoms with Crippen molar-refractivity contribution in [1.29, 1.82) is 5.41 Å². The van der Waals surface area contributed by atoms with Crippen LogP contribution in [-0.2, 0) is 0 Å². The summed E-state index contributed by atoms with van der Waals surface area (Å²) >= 11 is 0. The van der Waals surface area contributed by atoms with Crippen molar-refractivity contribution in [3.63, 3.8) is 0 Å². The van der Waals surface area contributed by atoms with E-state index in [1.165, 1.54) is 49.4 Å². The maximum Gasteiger partial charge on any atom is 0.136 e. The highest BCUT2D eigenvalue weighted by atomic mass is 15.2. The van der Waals surface area contributed by atoms with Crippen molar-refractivity contribution in [3.8, 4) is 0 Å². The number of hydrogen-bond acceptors (Lipinski definition) is 5. The average molecular weight is 502 g/mol. The molecule has 2 aromatic rings. The van der Waals surface area contributed by atoms with Gasteiger partial charge in [-0.25, -0.2) is 9.97 Å². The van der Waals surface area contributed by atoms with Crippen LogP contribution in [0.4, 0.5) is 17.3 Å². The maximum atomic E-state index is 8.07. The van der Waals surface area contributed by atoms with Gasteiger partial charge in [-0.05, 0) is 105 Å². The second kappa shape index (κ2) is 11.4. The van der Waals surface area contributed by atoms with Crippen molar-refractivity contribution in [3.05, 3.63) is 53.4 Å². The average Bonchev–Trinajstić information content (AvgIpc) is 3.23. The predicted octanol–water partition coefficient (Wildman–Crippen LogP) is 8.34. The summed E-state index contributed by atoms with van der Waals surface area (Å²) in [5.41, 5.74) is 5.02. The molecule has 1 aromatic carbocycles. The molecule has 5 heteroatoms. The third kappa shape index (κ3) is 6.42. The summed E-state index contributed by atoms with van der Waals surface area (Å²) in [5.74, 6) is 4.33. The molecule has 3 atom stereocenters. The van der Waals surface area contributed by atoms with Crippen LogP contribution < -0.4 is 10.2 Å². The predicted molar refractivity (Wildman–Crippen MR) is 158 cm³/mol. The number of anilines is 3. The molecule has 2 N–H and O–H groups in total. The van der Waals surface area contributed by atoms with E-state index in [-0.39, 0.29) is 0 Å². The standard InChI is InChI=1S/C32H47N5/c1-8-24(9-2)16-27-14-21(3)20-37(27)31-18-30(34-23(5)35-31)36-29-17-28(22(4)15-26(29)19-33)25-10-12-32(6,7)13-11-25/h8,15,17-19,21,24-25,27,33H,1,9-14,16,20H2,2-7H3,(H,34,35,36). The van der Waals surface area contributed by atoms with Crippen LogP contribution in [0.1, 0.15) is 101 Å². The Balaban J connectivity index is 1.61. The van der Waals surface area contributed by atoms with E-state index in [4.69, 9.17) is 15.4 Å². The smallest absolute Gasteiger partial charge is 0.136 e. The zero-order valence-electron chi connectivity index (χ0n) is 23.9. The summed E-state index contributed by atoms with van der Waals surface area (Å²) in [6.45, 7) is 18.6. The van der Waals surface area contributed by atoms with Crippen LogP contribution >= 0.6 is 0 Å². The number of aromatic nitrogens is 2. The summed E-state index contributed by atoms with van der Waals surface area (Å²) in [7, 11) is 0. The molecule has 37 heavy (non-hydrogen) atoms. The fourth-order valence-corrected chi connectivity index (χ4v) is 6.46. The monoisotopic (exact) mass is 501 g/mol. The Morgan fingerprint density at radius 1 is 1.19 bits per heavy atom. The van der Waals surface area contributed by atoms with Gasteiger partial charge >= 0.3 is 0 Å². The van der Waals surface area contributed by atoms with E-state index in [9.17, 15) is 0 Å². The Bertz CT molecular complexity index is 1110. The first kappa shape index (κ1) is 27.3. The molecule has 0 bridgehead atoms. The second-order valence-electron chi connectivity index (χ2n) is 12.4. The lowest BCUT2D eigenvalue weighted by Gasteiger charge is -2.35. The third-order valence-electron chi connectivity index (χ3n) is 8.81. The van der Waals surface area contributed by atoms with E-state index in [0.29, 0.717) is 29.2 Å². The Kier molecular flexibility index (Phi) is 8.40. The van der Waals surface area contributed by atoms with Crippen molar-refractivity contribution in [1.82, 2.24) is 9.97 Å². The fraction of sp³-hybridized carbons (Fsp3) is 0.594. The molecule has 3 unspecified atom stereocenters. The van der Waals surface area contributed by atoms with Crippen LogP contribution in [0.25, 0.3) is 0 Å². The van der Waals surface area contributed by atoms with Gasteiger partial charge in [0.1, 0.15) is 17.5 Å². The number of nitrogens with zero attached hydrogens (tertiary/aromatic N) is 3. The third-order valence-corrected chi connectivity index (χ3v) is 8.81. The van der Waals surface area contributed by atoms with Gasteiger partial charge in [0, 0.05) is 36.1 Å². The molecular weight excluding hydrogens is 454 g/mol. The van der Waals surface area contributed by atoms with Gasteiger partial charge in [0.2, 0.25) is 0 Å². The summed E-state index contributed by atoms with van der Waals surface area (Å²) in [6, 6.07) is 7.02. The van der Waals surface area contributed by atoms with Gasteiger partial charge in [0.15, 0.2) is 0 Å². The molecule has 200 valence electrons. The van der Waals surface area contributed by atoms with Gasteiger partial charge in [-0.3, -0.25) is 0 Å². The van der Waals surface area contributed by atoms with E-state index >= 15 is 0 Å². The van der Waals surface area contributed by atoms with Gasteiger partial charge in [0.25, 0.3) is 0 Å². The highest BCUT2D eigenvalue weighted by Crippen LogP contribution is 2.44. The summed E-state index contributed by atoms with van der Waals surface area (Å²) < 4.78 is 0. The number of nitrogens with one attached hydrogen (secondary N) is 2. The molecule has 0 spiro atoms. The number of hydrogen-bond donors (Lipinski definition) is 2. The minimum Gasteiger partial charge on any atom is -0.353 e. The molecule has 5 nitrogen and oxygen atoms in total. The van der Waals surface area contributed by atoms with Gasteiger partial charge in [-0.2, -0.15) is 0 Å². The molecule has 2 fully saturated rings. The van der Waals surface area contributed by atoms with E-state index in [1.807, 2.05) is 6.92 Å². The fourth-order valence-electron chi connectivity index (χ4n) is 6.46. The molecule has 1 aliphatic heterocycles. The molecular formula is C32H47N5. The van der Waals surface area contributed by atoms with E-state index in [2.05, 4.69) is 75.7 Å². The van der Waals surface area contributed by atoms with Crippen LogP contribution in [0.15, 0.2) is 30.9 Å². The molecule has 2 aliphatic rings. The molecule has 2 heterocycles. The lowest BCUT2D eigenvalue weighted by molar-refractivity contribution is 0.224. The van der Waals surface area contributed by atoms with Gasteiger partial charge in [0.05, 0.1) is 0 Å².